The third kappa shape index (κ3) is 5.48. The van der Waals surface area contributed by atoms with Crippen LogP contribution in [0.3, 0.4) is 0 Å². The highest BCUT2D eigenvalue weighted by atomic mass is 16.2. The molecular formula is C25H34N3O2+. The summed E-state index contributed by atoms with van der Waals surface area (Å²) in [6.07, 6.45) is 1.98. The lowest BCUT2D eigenvalue weighted by Gasteiger charge is -2.36. The van der Waals surface area contributed by atoms with Gasteiger partial charge in [-0.25, -0.2) is 0 Å². The Morgan fingerprint density at radius 2 is 1.67 bits per heavy atom. The average Bonchev–Trinajstić information content (AvgIpc) is 2.79. The monoisotopic (exact) mass is 408 g/mol. The number of carbonyl (C=O) groups is 2. The molecule has 3 rings (SSSR count). The number of amides is 1. The van der Waals surface area contributed by atoms with Gasteiger partial charge in [0.05, 0.1) is 32.2 Å². The summed E-state index contributed by atoms with van der Waals surface area (Å²) in [4.78, 5) is 28.1. The summed E-state index contributed by atoms with van der Waals surface area (Å²) in [5.41, 5.74) is 3.06. The van der Waals surface area contributed by atoms with Crippen LogP contribution >= 0.6 is 0 Å². The standard InChI is InChI=1S/C25H33N3O2/c1-4-8-24(22-9-6-5-7-10-22)26-25(30)19(2)27-15-17-28(18-16-27)23-13-11-21(12-14-23)20(3)29/h5-7,9-14,19,24H,4,8,15-18H2,1-3H3,(H,26,30)/p+1/t19-,24+/m1/s1. The van der Waals surface area contributed by atoms with Crippen molar-refractivity contribution < 1.29 is 14.5 Å². The van der Waals surface area contributed by atoms with Crippen LogP contribution in [0.25, 0.3) is 0 Å². The van der Waals surface area contributed by atoms with Crippen molar-refractivity contribution in [2.75, 3.05) is 31.1 Å². The smallest absolute Gasteiger partial charge is 0.278 e. The predicted octanol–water partition coefficient (Wildman–Crippen LogP) is 2.64. The lowest BCUT2D eigenvalue weighted by molar-refractivity contribution is -0.914. The largest absolute Gasteiger partial charge is 0.360 e. The van der Waals surface area contributed by atoms with E-state index < -0.39 is 0 Å². The molecule has 2 aromatic carbocycles. The Hall–Kier alpha value is -2.66. The molecule has 5 nitrogen and oxygen atoms in total. The van der Waals surface area contributed by atoms with Crippen LogP contribution in [0.5, 0.6) is 0 Å². The Balaban J connectivity index is 1.55. The number of rotatable bonds is 8. The van der Waals surface area contributed by atoms with Crippen molar-refractivity contribution in [1.82, 2.24) is 5.32 Å². The van der Waals surface area contributed by atoms with Crippen LogP contribution in [0.15, 0.2) is 54.6 Å². The molecule has 0 radical (unpaired) electrons. The van der Waals surface area contributed by atoms with Crippen molar-refractivity contribution in [3.8, 4) is 0 Å². The molecule has 1 heterocycles. The third-order valence-electron chi connectivity index (χ3n) is 6.15. The van der Waals surface area contributed by atoms with E-state index in [0.29, 0.717) is 0 Å². The first kappa shape index (κ1) is 22.0. The van der Waals surface area contributed by atoms with E-state index >= 15 is 0 Å². The van der Waals surface area contributed by atoms with Gasteiger partial charge in [-0.15, -0.1) is 0 Å². The van der Waals surface area contributed by atoms with Crippen molar-refractivity contribution in [2.45, 2.75) is 45.7 Å². The van der Waals surface area contributed by atoms with E-state index in [-0.39, 0.29) is 23.8 Å². The molecular weight excluding hydrogens is 374 g/mol. The van der Waals surface area contributed by atoms with Gasteiger partial charge in [0.15, 0.2) is 11.8 Å². The van der Waals surface area contributed by atoms with Crippen LogP contribution in [0, 0.1) is 0 Å². The summed E-state index contributed by atoms with van der Waals surface area (Å²) in [7, 11) is 0. The zero-order valence-corrected chi connectivity index (χ0v) is 18.4. The van der Waals surface area contributed by atoms with Gasteiger partial charge in [-0.2, -0.15) is 0 Å². The highest BCUT2D eigenvalue weighted by Crippen LogP contribution is 2.18. The van der Waals surface area contributed by atoms with Crippen LogP contribution in [0.4, 0.5) is 5.69 Å². The molecule has 0 spiro atoms. The number of piperazine rings is 1. The number of ketones is 1. The Morgan fingerprint density at radius 1 is 1.03 bits per heavy atom. The van der Waals surface area contributed by atoms with Crippen molar-refractivity contribution in [3.05, 3.63) is 65.7 Å². The minimum atomic E-state index is -0.0738. The Morgan fingerprint density at radius 3 is 2.23 bits per heavy atom. The van der Waals surface area contributed by atoms with Crippen molar-refractivity contribution in [2.24, 2.45) is 0 Å². The number of nitrogens with one attached hydrogen (secondary N) is 2. The van der Waals surface area contributed by atoms with E-state index in [1.54, 1.807) is 6.92 Å². The number of anilines is 1. The van der Waals surface area contributed by atoms with Gasteiger partial charge in [0.2, 0.25) is 0 Å². The molecule has 30 heavy (non-hydrogen) atoms. The number of hydrogen-bond donors (Lipinski definition) is 2. The first-order chi connectivity index (χ1) is 14.5. The lowest BCUT2D eigenvalue weighted by Crippen LogP contribution is -3.19. The molecule has 2 N–H and O–H groups in total. The topological polar surface area (TPSA) is 53.9 Å². The maximum Gasteiger partial charge on any atom is 0.278 e. The molecule has 2 aromatic rings. The van der Waals surface area contributed by atoms with Gasteiger partial charge in [-0.1, -0.05) is 43.7 Å². The van der Waals surface area contributed by atoms with Crippen molar-refractivity contribution >= 4 is 17.4 Å². The number of benzene rings is 2. The number of Topliss-reactive ketones (excluding diaryl/α,β-unsaturated/α-hetero) is 1. The quantitative estimate of drug-likeness (QED) is 0.661. The first-order valence-electron chi connectivity index (χ1n) is 11.1. The van der Waals surface area contributed by atoms with E-state index in [2.05, 4.69) is 29.3 Å². The molecule has 1 amide bonds. The van der Waals surface area contributed by atoms with Crippen LogP contribution in [0.2, 0.25) is 0 Å². The average molecular weight is 409 g/mol. The van der Waals surface area contributed by atoms with Gasteiger partial charge < -0.3 is 15.1 Å². The summed E-state index contributed by atoms with van der Waals surface area (Å²) >= 11 is 0. The summed E-state index contributed by atoms with van der Waals surface area (Å²) in [5.74, 6) is 0.221. The summed E-state index contributed by atoms with van der Waals surface area (Å²) < 4.78 is 0. The number of nitrogens with zero attached hydrogens (tertiary/aromatic N) is 1. The Kier molecular flexibility index (Phi) is 7.63. The van der Waals surface area contributed by atoms with Gasteiger partial charge in [0.1, 0.15) is 0 Å². The highest BCUT2D eigenvalue weighted by molar-refractivity contribution is 5.94. The minimum absolute atomic E-state index is 0.0738. The van der Waals surface area contributed by atoms with Gasteiger partial charge >= 0.3 is 0 Å². The maximum atomic E-state index is 13.0. The predicted molar refractivity (Wildman–Crippen MR) is 121 cm³/mol. The summed E-state index contributed by atoms with van der Waals surface area (Å²) in [6.45, 7) is 9.44. The van der Waals surface area contributed by atoms with Gasteiger partial charge in [-0.3, -0.25) is 9.59 Å². The number of carbonyl (C=O) groups excluding carboxylic acids is 2. The first-order valence-corrected chi connectivity index (χ1v) is 11.1. The number of quaternary nitrogens is 1. The van der Waals surface area contributed by atoms with Crippen LogP contribution in [-0.4, -0.2) is 43.9 Å². The second kappa shape index (κ2) is 10.4. The zero-order chi connectivity index (χ0) is 21.5. The van der Waals surface area contributed by atoms with Crippen LogP contribution < -0.4 is 15.1 Å². The molecule has 0 aliphatic carbocycles. The maximum absolute atomic E-state index is 13.0. The number of hydrogen-bond acceptors (Lipinski definition) is 3. The second-order valence-electron chi connectivity index (χ2n) is 8.23. The molecule has 0 aromatic heterocycles. The molecule has 0 saturated carbocycles. The van der Waals surface area contributed by atoms with Gasteiger partial charge in [0.25, 0.3) is 5.91 Å². The Labute approximate surface area is 180 Å². The highest BCUT2D eigenvalue weighted by Gasteiger charge is 2.30. The Bertz CT molecular complexity index is 827. The van der Waals surface area contributed by atoms with E-state index in [0.717, 1.165) is 50.3 Å². The lowest BCUT2D eigenvalue weighted by atomic mass is 10.0. The normalized spacial score (nSPS) is 16.7. The zero-order valence-electron chi connectivity index (χ0n) is 18.4. The van der Waals surface area contributed by atoms with Gasteiger partial charge in [0, 0.05) is 11.3 Å². The molecule has 1 aliphatic rings. The van der Waals surface area contributed by atoms with Crippen LogP contribution in [-0.2, 0) is 4.79 Å². The molecule has 1 saturated heterocycles. The minimum Gasteiger partial charge on any atom is -0.360 e. The molecule has 1 fully saturated rings. The molecule has 0 unspecified atom stereocenters. The molecule has 2 atom stereocenters. The molecule has 0 bridgehead atoms. The summed E-state index contributed by atoms with van der Waals surface area (Å²) in [5, 5.41) is 3.29. The van der Waals surface area contributed by atoms with Gasteiger partial charge in [-0.05, 0) is 50.1 Å². The molecule has 160 valence electrons. The van der Waals surface area contributed by atoms with E-state index in [4.69, 9.17) is 0 Å². The fourth-order valence-corrected chi connectivity index (χ4v) is 4.17. The third-order valence-corrected chi connectivity index (χ3v) is 6.15. The van der Waals surface area contributed by atoms with Crippen molar-refractivity contribution in [1.29, 1.82) is 0 Å². The molecule has 5 heteroatoms. The van der Waals surface area contributed by atoms with Crippen LogP contribution in [0.1, 0.15) is 55.6 Å². The fraction of sp³-hybridized carbons (Fsp3) is 0.440. The SMILES string of the molecule is CCC[C@H](NC(=O)[C@@H](C)[NH+]1CCN(c2ccc(C(C)=O)cc2)CC1)c1ccccc1. The summed E-state index contributed by atoms with van der Waals surface area (Å²) in [6, 6.07) is 18.1. The fourth-order valence-electron chi connectivity index (χ4n) is 4.17. The van der Waals surface area contributed by atoms with E-state index in [9.17, 15) is 9.59 Å². The van der Waals surface area contributed by atoms with E-state index in [1.807, 2.05) is 49.4 Å². The second-order valence-corrected chi connectivity index (χ2v) is 8.23. The van der Waals surface area contributed by atoms with E-state index in [1.165, 1.54) is 10.5 Å². The van der Waals surface area contributed by atoms with Crippen molar-refractivity contribution in [3.63, 3.8) is 0 Å². The molecule has 1 aliphatic heterocycles.